The van der Waals surface area contributed by atoms with Crippen LogP contribution in [0.3, 0.4) is 0 Å². The number of carbonyl (C=O) groups is 1. The predicted octanol–water partition coefficient (Wildman–Crippen LogP) is 3.00. The van der Waals surface area contributed by atoms with Crippen LogP contribution in [0.1, 0.15) is 49.0 Å². The summed E-state index contributed by atoms with van der Waals surface area (Å²) >= 11 is 0. The molecule has 1 unspecified atom stereocenters. The number of hydrogen-bond donors (Lipinski definition) is 1. The fourth-order valence-corrected chi connectivity index (χ4v) is 2.68. The largest absolute Gasteiger partial charge is 0.435 e. The van der Waals surface area contributed by atoms with Gasteiger partial charge in [0.1, 0.15) is 0 Å². The quantitative estimate of drug-likeness (QED) is 0.864. The number of nitrogens with zero attached hydrogens (tertiary/aromatic N) is 4. The Bertz CT molecular complexity index is 748. The number of aryl methyl sites for hydroxylation is 3. The van der Waals surface area contributed by atoms with E-state index in [9.17, 15) is 18.0 Å². The third-order valence-corrected chi connectivity index (χ3v) is 4.11. The number of amides is 1. The summed E-state index contributed by atoms with van der Waals surface area (Å²) in [6.45, 7) is 8.13. The summed E-state index contributed by atoms with van der Waals surface area (Å²) < 4.78 is 41.0. The van der Waals surface area contributed by atoms with Crippen LogP contribution in [0.2, 0.25) is 0 Å². The number of hydrogen-bond acceptors (Lipinski definition) is 3. The van der Waals surface area contributed by atoms with Gasteiger partial charge in [0, 0.05) is 36.5 Å². The Balaban J connectivity index is 1.94. The van der Waals surface area contributed by atoms with Gasteiger partial charge < -0.3 is 5.32 Å². The molecule has 9 heteroatoms. The first-order chi connectivity index (χ1) is 11.6. The highest BCUT2D eigenvalue weighted by Crippen LogP contribution is 2.28. The van der Waals surface area contributed by atoms with Crippen LogP contribution in [0.5, 0.6) is 0 Å². The lowest BCUT2D eigenvalue weighted by Crippen LogP contribution is -2.28. The molecule has 0 fully saturated rings. The Hall–Kier alpha value is -2.32. The molecule has 0 saturated heterocycles. The van der Waals surface area contributed by atoms with E-state index in [1.165, 1.54) is 11.6 Å². The van der Waals surface area contributed by atoms with Gasteiger partial charge in [-0.05, 0) is 33.8 Å². The zero-order chi connectivity index (χ0) is 18.8. The normalized spacial score (nSPS) is 13.1. The van der Waals surface area contributed by atoms with Crippen molar-refractivity contribution in [3.05, 3.63) is 34.9 Å². The summed E-state index contributed by atoms with van der Waals surface area (Å²) in [5, 5.41) is 10.6. The Morgan fingerprint density at radius 1 is 1.32 bits per heavy atom. The second kappa shape index (κ2) is 7.28. The Kier molecular flexibility index (Phi) is 5.54. The summed E-state index contributed by atoms with van der Waals surface area (Å²) in [5.41, 5.74) is 1.33. The highest BCUT2D eigenvalue weighted by atomic mass is 19.4. The van der Waals surface area contributed by atoms with E-state index in [-0.39, 0.29) is 24.9 Å². The zero-order valence-electron chi connectivity index (χ0n) is 14.7. The highest BCUT2D eigenvalue weighted by Gasteiger charge is 2.34. The molecule has 0 saturated carbocycles. The van der Waals surface area contributed by atoms with Crippen molar-refractivity contribution in [1.82, 2.24) is 24.9 Å². The van der Waals surface area contributed by atoms with Crippen molar-refractivity contribution in [2.24, 2.45) is 0 Å². The number of halogens is 3. The van der Waals surface area contributed by atoms with Crippen molar-refractivity contribution in [3.63, 3.8) is 0 Å². The van der Waals surface area contributed by atoms with Crippen LogP contribution in [0.25, 0.3) is 0 Å². The zero-order valence-corrected chi connectivity index (χ0v) is 14.7. The Labute approximate surface area is 144 Å². The van der Waals surface area contributed by atoms with Crippen molar-refractivity contribution in [3.8, 4) is 0 Å². The van der Waals surface area contributed by atoms with Gasteiger partial charge in [0.15, 0.2) is 5.69 Å². The molecule has 0 spiro atoms. The second-order valence-electron chi connectivity index (χ2n) is 5.93. The summed E-state index contributed by atoms with van der Waals surface area (Å²) in [6, 6.07) is 0.750. The van der Waals surface area contributed by atoms with Crippen molar-refractivity contribution in [1.29, 1.82) is 0 Å². The molecule has 0 radical (unpaired) electrons. The van der Waals surface area contributed by atoms with E-state index in [4.69, 9.17) is 0 Å². The SMILES string of the molecule is CCn1ncc(C(C)NC(=O)CCn2nc(C(F)(F)F)cc2C)c1C. The molecule has 0 aliphatic rings. The van der Waals surface area contributed by atoms with Gasteiger partial charge in [-0.3, -0.25) is 14.2 Å². The summed E-state index contributed by atoms with van der Waals surface area (Å²) in [6.07, 6.45) is -2.72. The molecular formula is C16H22F3N5O. The predicted molar refractivity (Wildman–Crippen MR) is 85.8 cm³/mol. The minimum Gasteiger partial charge on any atom is -0.349 e. The van der Waals surface area contributed by atoms with Gasteiger partial charge >= 0.3 is 6.18 Å². The molecule has 2 heterocycles. The van der Waals surface area contributed by atoms with Gasteiger partial charge in [0.05, 0.1) is 12.2 Å². The summed E-state index contributed by atoms with van der Waals surface area (Å²) in [5.74, 6) is -0.250. The topological polar surface area (TPSA) is 64.7 Å². The number of carbonyl (C=O) groups excluding carboxylic acids is 1. The van der Waals surface area contributed by atoms with E-state index in [1.54, 1.807) is 6.20 Å². The average molecular weight is 357 g/mol. The first kappa shape index (κ1) is 19.0. The first-order valence-electron chi connectivity index (χ1n) is 8.06. The smallest absolute Gasteiger partial charge is 0.349 e. The Morgan fingerprint density at radius 3 is 2.52 bits per heavy atom. The van der Waals surface area contributed by atoms with E-state index < -0.39 is 11.9 Å². The Morgan fingerprint density at radius 2 is 2.00 bits per heavy atom. The number of aromatic nitrogens is 4. The summed E-state index contributed by atoms with van der Waals surface area (Å²) in [7, 11) is 0. The van der Waals surface area contributed by atoms with Gasteiger partial charge in [0.25, 0.3) is 0 Å². The third kappa shape index (κ3) is 4.40. The molecule has 138 valence electrons. The molecule has 0 aliphatic carbocycles. The maximum atomic E-state index is 12.6. The maximum absolute atomic E-state index is 12.6. The van der Waals surface area contributed by atoms with E-state index >= 15 is 0 Å². The molecule has 0 aromatic carbocycles. The fraction of sp³-hybridized carbons (Fsp3) is 0.562. The van der Waals surface area contributed by atoms with Crippen LogP contribution in [0.4, 0.5) is 13.2 Å². The molecule has 1 atom stereocenters. The molecular weight excluding hydrogens is 335 g/mol. The van der Waals surface area contributed by atoms with Crippen LogP contribution in [0, 0.1) is 13.8 Å². The average Bonchev–Trinajstić information content (AvgIpc) is 3.07. The lowest BCUT2D eigenvalue weighted by molar-refractivity contribution is -0.141. The van der Waals surface area contributed by atoms with E-state index in [2.05, 4.69) is 15.5 Å². The minimum atomic E-state index is -4.48. The first-order valence-corrected chi connectivity index (χ1v) is 8.06. The minimum absolute atomic E-state index is 0.0467. The monoisotopic (exact) mass is 357 g/mol. The summed E-state index contributed by atoms with van der Waals surface area (Å²) in [4.78, 5) is 12.1. The lowest BCUT2D eigenvalue weighted by atomic mass is 10.1. The molecule has 0 bridgehead atoms. The van der Waals surface area contributed by atoms with Gasteiger partial charge in [-0.1, -0.05) is 0 Å². The number of nitrogens with one attached hydrogen (secondary N) is 1. The highest BCUT2D eigenvalue weighted by molar-refractivity contribution is 5.76. The molecule has 6 nitrogen and oxygen atoms in total. The molecule has 0 aliphatic heterocycles. The van der Waals surface area contributed by atoms with Crippen molar-refractivity contribution in [2.45, 2.75) is 59.4 Å². The lowest BCUT2D eigenvalue weighted by Gasteiger charge is -2.14. The van der Waals surface area contributed by atoms with Crippen molar-refractivity contribution < 1.29 is 18.0 Å². The second-order valence-corrected chi connectivity index (χ2v) is 5.93. The van der Waals surface area contributed by atoms with Crippen LogP contribution >= 0.6 is 0 Å². The molecule has 1 amide bonds. The van der Waals surface area contributed by atoms with Gasteiger partial charge in [-0.25, -0.2) is 0 Å². The van der Waals surface area contributed by atoms with Crippen LogP contribution in [-0.4, -0.2) is 25.5 Å². The molecule has 1 N–H and O–H groups in total. The van der Waals surface area contributed by atoms with Crippen LogP contribution < -0.4 is 5.32 Å². The van der Waals surface area contributed by atoms with Gasteiger partial charge in [-0.2, -0.15) is 23.4 Å². The van der Waals surface area contributed by atoms with Crippen LogP contribution in [-0.2, 0) is 24.1 Å². The van der Waals surface area contributed by atoms with Gasteiger partial charge in [-0.15, -0.1) is 0 Å². The van der Waals surface area contributed by atoms with Crippen LogP contribution in [0.15, 0.2) is 12.3 Å². The fourth-order valence-electron chi connectivity index (χ4n) is 2.68. The van der Waals surface area contributed by atoms with E-state index in [0.717, 1.165) is 23.9 Å². The standard InChI is InChI=1S/C16H22F3N5O/c1-5-23-12(4)13(9-20-23)11(3)21-15(25)6-7-24-10(2)8-14(22-24)16(17,18)19/h8-9,11H,5-7H2,1-4H3,(H,21,25). The molecule has 2 aromatic rings. The van der Waals surface area contributed by atoms with Gasteiger partial charge in [0.2, 0.25) is 5.91 Å². The molecule has 25 heavy (non-hydrogen) atoms. The maximum Gasteiger partial charge on any atom is 0.435 e. The van der Waals surface area contributed by atoms with Crippen molar-refractivity contribution in [2.75, 3.05) is 0 Å². The van der Waals surface area contributed by atoms with E-state index in [0.29, 0.717) is 5.69 Å². The molecule has 2 rings (SSSR count). The number of rotatable bonds is 6. The number of alkyl halides is 3. The van der Waals surface area contributed by atoms with E-state index in [1.807, 2.05) is 25.5 Å². The third-order valence-electron chi connectivity index (χ3n) is 4.11. The van der Waals surface area contributed by atoms with Crippen molar-refractivity contribution >= 4 is 5.91 Å². The molecule has 2 aromatic heterocycles.